The minimum atomic E-state index is -0.643. The summed E-state index contributed by atoms with van der Waals surface area (Å²) in [4.78, 5) is 27.3. The predicted molar refractivity (Wildman–Crippen MR) is 173 cm³/mol. The number of ether oxygens (including phenoxy) is 2. The molecule has 0 aliphatic carbocycles. The maximum Gasteiger partial charge on any atom is 0.224 e. The van der Waals surface area contributed by atoms with Crippen LogP contribution >= 0.6 is 0 Å². The highest BCUT2D eigenvalue weighted by Gasteiger charge is 2.35. The first-order valence-electron chi connectivity index (χ1n) is 15.8. The average Bonchev–Trinajstić information content (AvgIpc) is 3.51. The van der Waals surface area contributed by atoms with Crippen LogP contribution in [0.2, 0.25) is 0 Å². The van der Waals surface area contributed by atoms with Crippen molar-refractivity contribution in [3.8, 4) is 0 Å². The van der Waals surface area contributed by atoms with Crippen LogP contribution < -0.4 is 16.4 Å². The summed E-state index contributed by atoms with van der Waals surface area (Å²) in [7, 11) is 0. The predicted octanol–water partition coefficient (Wildman–Crippen LogP) is 4.90. The summed E-state index contributed by atoms with van der Waals surface area (Å²) < 4.78 is 13.0. The zero-order valence-corrected chi connectivity index (χ0v) is 25.6. The van der Waals surface area contributed by atoms with Crippen molar-refractivity contribution in [2.45, 2.75) is 76.1 Å². The summed E-state index contributed by atoms with van der Waals surface area (Å²) in [6, 6.07) is 22.6. The van der Waals surface area contributed by atoms with Crippen LogP contribution in [0.4, 0.5) is 17.1 Å². The van der Waals surface area contributed by atoms with Crippen LogP contribution in [0.1, 0.15) is 74.0 Å². The third kappa shape index (κ3) is 9.12. The zero-order valence-electron chi connectivity index (χ0n) is 25.6. The van der Waals surface area contributed by atoms with E-state index >= 15 is 0 Å². The van der Waals surface area contributed by atoms with Gasteiger partial charge in [-0.05, 0) is 67.6 Å². The lowest BCUT2D eigenvalue weighted by Crippen LogP contribution is -2.42. The van der Waals surface area contributed by atoms with E-state index in [0.29, 0.717) is 49.3 Å². The number of carbonyl (C=O) groups is 2. The quantitative estimate of drug-likeness (QED) is 0.135. The Morgan fingerprint density at radius 3 is 2.38 bits per heavy atom. The highest BCUT2D eigenvalue weighted by atomic mass is 16.7. The Morgan fingerprint density at radius 2 is 1.64 bits per heavy atom. The molecule has 10 heteroatoms. The Morgan fingerprint density at radius 1 is 0.889 bits per heavy atom. The van der Waals surface area contributed by atoms with Gasteiger partial charge in [-0.2, -0.15) is 0 Å². The smallest absolute Gasteiger partial charge is 0.224 e. The number of unbranched alkanes of at least 4 members (excludes halogenated alkanes) is 1. The van der Waals surface area contributed by atoms with Crippen molar-refractivity contribution >= 4 is 28.9 Å². The zero-order chi connectivity index (χ0) is 31.6. The van der Waals surface area contributed by atoms with Crippen LogP contribution in [0.3, 0.4) is 0 Å². The number of benzene rings is 3. The van der Waals surface area contributed by atoms with E-state index in [1.54, 1.807) is 12.1 Å². The standard InChI is InChI=1S/C35H44N4O6/c36-30-10-1-2-11-31(30)38-34(43)13-4-3-12-33(42)37-27-8-5-7-26(19-27)35-44-29(21-39-18-6-9-28(39)23-41)20-32(45-35)25-16-14-24(22-40)15-17-25/h1-2,5,7-8,10-11,14-17,19,28-29,32,35,40-41H,3-4,6,9,12-13,18,20-23,36H2,(H,37,42)(H,38,43)/t28-,29-,32+,35+/m0/s1. The molecule has 2 aliphatic heterocycles. The number of nitrogen functional groups attached to an aromatic ring is 1. The second kappa shape index (κ2) is 16.0. The highest BCUT2D eigenvalue weighted by molar-refractivity contribution is 5.94. The summed E-state index contributed by atoms with van der Waals surface area (Å²) in [5.41, 5.74) is 10.3. The molecular formula is C35H44N4O6. The number of nitrogens with two attached hydrogens (primary N) is 1. The number of carbonyl (C=O) groups excluding carboxylic acids is 2. The summed E-state index contributed by atoms with van der Waals surface area (Å²) >= 11 is 0. The van der Waals surface area contributed by atoms with E-state index in [4.69, 9.17) is 15.2 Å². The first-order chi connectivity index (χ1) is 21.9. The molecule has 2 heterocycles. The topological polar surface area (TPSA) is 146 Å². The number of amides is 2. The number of hydrogen-bond acceptors (Lipinski definition) is 8. The maximum absolute atomic E-state index is 12.7. The van der Waals surface area contributed by atoms with Gasteiger partial charge in [0.25, 0.3) is 0 Å². The lowest BCUT2D eigenvalue weighted by Gasteiger charge is -2.38. The van der Waals surface area contributed by atoms with E-state index < -0.39 is 6.29 Å². The average molecular weight is 617 g/mol. The molecule has 10 nitrogen and oxygen atoms in total. The van der Waals surface area contributed by atoms with Crippen molar-refractivity contribution in [2.24, 2.45) is 0 Å². The van der Waals surface area contributed by atoms with E-state index in [-0.39, 0.29) is 49.7 Å². The Hall–Kier alpha value is -3.80. The first kappa shape index (κ1) is 32.6. The number of para-hydroxylation sites is 2. The van der Waals surface area contributed by atoms with Crippen LogP contribution in [-0.4, -0.2) is 58.8 Å². The van der Waals surface area contributed by atoms with Crippen molar-refractivity contribution in [2.75, 3.05) is 36.1 Å². The number of rotatable bonds is 13. The van der Waals surface area contributed by atoms with Crippen molar-refractivity contribution < 1.29 is 29.3 Å². The lowest BCUT2D eigenvalue weighted by atomic mass is 9.99. The molecule has 0 saturated carbocycles. The van der Waals surface area contributed by atoms with Gasteiger partial charge in [0.15, 0.2) is 6.29 Å². The molecule has 0 radical (unpaired) electrons. The number of hydrogen-bond donors (Lipinski definition) is 5. The van der Waals surface area contributed by atoms with E-state index in [1.807, 2.05) is 60.7 Å². The molecule has 0 aromatic heterocycles. The molecule has 240 valence electrons. The fraction of sp³-hybridized carbons (Fsp3) is 0.429. The highest BCUT2D eigenvalue weighted by Crippen LogP contribution is 2.39. The monoisotopic (exact) mass is 616 g/mol. The van der Waals surface area contributed by atoms with Crippen LogP contribution in [0.25, 0.3) is 0 Å². The van der Waals surface area contributed by atoms with Gasteiger partial charge >= 0.3 is 0 Å². The molecule has 4 atom stereocenters. The molecule has 5 rings (SSSR count). The second-order valence-corrected chi connectivity index (χ2v) is 11.8. The van der Waals surface area contributed by atoms with E-state index in [2.05, 4.69) is 15.5 Å². The molecule has 0 unspecified atom stereocenters. The maximum atomic E-state index is 12.7. The molecule has 3 aromatic carbocycles. The number of anilines is 3. The normalized spacial score (nSPS) is 21.8. The third-order valence-electron chi connectivity index (χ3n) is 8.50. The van der Waals surface area contributed by atoms with Gasteiger partial charge in [0, 0.05) is 43.1 Å². The fourth-order valence-corrected chi connectivity index (χ4v) is 6.02. The molecule has 2 aliphatic rings. The van der Waals surface area contributed by atoms with Crippen LogP contribution in [-0.2, 0) is 25.7 Å². The molecule has 45 heavy (non-hydrogen) atoms. The van der Waals surface area contributed by atoms with Gasteiger partial charge in [-0.3, -0.25) is 14.5 Å². The van der Waals surface area contributed by atoms with E-state index in [9.17, 15) is 19.8 Å². The summed E-state index contributed by atoms with van der Waals surface area (Å²) in [6.45, 7) is 1.75. The molecule has 0 bridgehead atoms. The number of aliphatic hydroxyl groups excluding tert-OH is 2. The Bertz CT molecular complexity index is 1420. The second-order valence-electron chi connectivity index (χ2n) is 11.8. The Kier molecular flexibility index (Phi) is 11.6. The van der Waals surface area contributed by atoms with E-state index in [1.165, 1.54) is 0 Å². The summed E-state index contributed by atoms with van der Waals surface area (Å²) in [6.07, 6.45) is 3.46. The van der Waals surface area contributed by atoms with Crippen LogP contribution in [0.15, 0.2) is 72.8 Å². The van der Waals surface area contributed by atoms with Crippen LogP contribution in [0, 0.1) is 0 Å². The number of nitrogens with zero attached hydrogens (tertiary/aromatic N) is 1. The number of likely N-dealkylation sites (tertiary alicyclic amines) is 1. The molecule has 6 N–H and O–H groups in total. The van der Waals surface area contributed by atoms with Crippen molar-refractivity contribution in [3.05, 3.63) is 89.5 Å². The largest absolute Gasteiger partial charge is 0.397 e. The molecule has 2 amide bonds. The van der Waals surface area contributed by atoms with Gasteiger partial charge in [0.05, 0.1) is 36.8 Å². The minimum Gasteiger partial charge on any atom is -0.397 e. The number of nitrogens with one attached hydrogen (secondary N) is 2. The van der Waals surface area contributed by atoms with Crippen LogP contribution in [0.5, 0.6) is 0 Å². The van der Waals surface area contributed by atoms with Gasteiger partial charge in [-0.15, -0.1) is 0 Å². The van der Waals surface area contributed by atoms with E-state index in [0.717, 1.165) is 36.1 Å². The molecule has 3 aromatic rings. The summed E-state index contributed by atoms with van der Waals surface area (Å²) in [5, 5.41) is 25.1. The van der Waals surface area contributed by atoms with Gasteiger partial charge in [-0.1, -0.05) is 48.5 Å². The lowest BCUT2D eigenvalue weighted by molar-refractivity contribution is -0.253. The SMILES string of the molecule is Nc1ccccc1NC(=O)CCCCC(=O)Nc1cccc([C@@H]2O[C@H](CN3CCC[C@H]3CO)C[C@H](c3ccc(CO)cc3)O2)c1. The number of aliphatic hydroxyl groups is 2. The fourth-order valence-electron chi connectivity index (χ4n) is 6.02. The summed E-state index contributed by atoms with van der Waals surface area (Å²) in [5.74, 6) is -0.264. The minimum absolute atomic E-state index is 0.0185. The Labute approximate surface area is 264 Å². The van der Waals surface area contributed by atoms with Gasteiger partial charge in [0.2, 0.25) is 11.8 Å². The van der Waals surface area contributed by atoms with Crippen molar-refractivity contribution in [1.29, 1.82) is 0 Å². The van der Waals surface area contributed by atoms with Gasteiger partial charge in [0.1, 0.15) is 0 Å². The van der Waals surface area contributed by atoms with Gasteiger partial charge in [-0.25, -0.2) is 0 Å². The Balaban J connectivity index is 1.17. The molecular weight excluding hydrogens is 572 g/mol. The third-order valence-corrected chi connectivity index (χ3v) is 8.50. The van der Waals surface area contributed by atoms with Crippen molar-refractivity contribution in [3.63, 3.8) is 0 Å². The first-order valence-corrected chi connectivity index (χ1v) is 15.8. The molecule has 0 spiro atoms. The van der Waals surface area contributed by atoms with Crippen molar-refractivity contribution in [1.82, 2.24) is 4.90 Å². The molecule has 2 fully saturated rings. The molecule has 2 saturated heterocycles. The van der Waals surface area contributed by atoms with Gasteiger partial charge < -0.3 is 36.1 Å².